The number of aromatic nitrogens is 2. The average molecular weight is 404 g/mol. The number of anilines is 1. The number of benzene rings is 2. The predicted octanol–water partition coefficient (Wildman–Crippen LogP) is 5.56. The van der Waals surface area contributed by atoms with Crippen LogP contribution in [-0.2, 0) is 4.79 Å². The topological polar surface area (TPSA) is 46.9 Å². The van der Waals surface area contributed by atoms with Gasteiger partial charge in [0, 0.05) is 28.6 Å². The maximum Gasteiger partial charge on any atom is 0.143 e. The number of nitrogens with zero attached hydrogens (tertiary/aromatic N) is 2. The standard InChI is InChI=1S/C24H22ClN3O/c1-14-7-5-8-16(13-14)28-24-21(15(2)27-28)22(17-9-3-4-10-18(17)25)23-19(26-24)11-6-12-20(23)29/h3-5,7-11,13,22-23,26H,6,12H2,1-2H3/t22-,23+/m1/s1. The Hall–Kier alpha value is -2.85. The number of halogens is 1. The quantitative estimate of drug-likeness (QED) is 0.609. The second kappa shape index (κ2) is 6.89. The van der Waals surface area contributed by atoms with Gasteiger partial charge in [-0.15, -0.1) is 0 Å². The van der Waals surface area contributed by atoms with Gasteiger partial charge in [0.2, 0.25) is 0 Å². The number of carbonyl (C=O) groups excluding carboxylic acids is 1. The highest BCUT2D eigenvalue weighted by Crippen LogP contribution is 2.49. The van der Waals surface area contributed by atoms with Crippen molar-refractivity contribution in [3.05, 3.63) is 87.7 Å². The van der Waals surface area contributed by atoms with Crippen molar-refractivity contribution in [1.82, 2.24) is 9.78 Å². The molecule has 4 nitrogen and oxygen atoms in total. The van der Waals surface area contributed by atoms with E-state index in [-0.39, 0.29) is 17.6 Å². The second-order valence-electron chi connectivity index (χ2n) is 7.86. The lowest BCUT2D eigenvalue weighted by atomic mass is 9.71. The van der Waals surface area contributed by atoms with E-state index >= 15 is 0 Å². The molecule has 0 bridgehead atoms. The number of hydrogen-bond donors (Lipinski definition) is 1. The minimum Gasteiger partial charge on any atom is -0.343 e. The molecule has 5 heteroatoms. The number of rotatable bonds is 2. The molecule has 0 amide bonds. The van der Waals surface area contributed by atoms with Crippen LogP contribution in [0.5, 0.6) is 0 Å². The Labute approximate surface area is 175 Å². The van der Waals surface area contributed by atoms with E-state index in [4.69, 9.17) is 16.7 Å². The van der Waals surface area contributed by atoms with Gasteiger partial charge in [-0.1, -0.05) is 48.0 Å². The number of aryl methyl sites for hydroxylation is 2. The Kier molecular flexibility index (Phi) is 4.32. The summed E-state index contributed by atoms with van der Waals surface area (Å²) in [4.78, 5) is 13.0. The van der Waals surface area contributed by atoms with E-state index in [1.54, 1.807) is 0 Å². The molecule has 1 N–H and O–H groups in total. The van der Waals surface area contributed by atoms with Gasteiger partial charge in [0.05, 0.1) is 17.3 Å². The summed E-state index contributed by atoms with van der Waals surface area (Å²) < 4.78 is 1.96. The van der Waals surface area contributed by atoms with Gasteiger partial charge in [0.25, 0.3) is 0 Å². The largest absolute Gasteiger partial charge is 0.343 e. The predicted molar refractivity (Wildman–Crippen MR) is 116 cm³/mol. The molecule has 0 saturated carbocycles. The molecular weight excluding hydrogens is 382 g/mol. The van der Waals surface area contributed by atoms with Crippen LogP contribution in [0.15, 0.2) is 60.3 Å². The molecule has 1 aromatic heterocycles. The summed E-state index contributed by atoms with van der Waals surface area (Å²) in [5.41, 5.74) is 6.09. The summed E-state index contributed by atoms with van der Waals surface area (Å²) in [6, 6.07) is 16.1. The van der Waals surface area contributed by atoms with E-state index in [1.165, 1.54) is 5.56 Å². The lowest BCUT2D eigenvalue weighted by molar-refractivity contribution is -0.122. The molecule has 1 aliphatic heterocycles. The fraction of sp³-hybridized carbons (Fsp3) is 0.250. The van der Waals surface area contributed by atoms with Crippen LogP contribution in [0.4, 0.5) is 5.82 Å². The molecule has 0 spiro atoms. The number of fused-ring (bicyclic) bond motifs is 2. The maximum absolute atomic E-state index is 13.0. The van der Waals surface area contributed by atoms with Crippen LogP contribution < -0.4 is 5.32 Å². The van der Waals surface area contributed by atoms with E-state index < -0.39 is 0 Å². The third-order valence-corrected chi connectivity index (χ3v) is 6.28. The molecule has 29 heavy (non-hydrogen) atoms. The summed E-state index contributed by atoms with van der Waals surface area (Å²) in [7, 11) is 0. The Bertz CT molecular complexity index is 1160. The summed E-state index contributed by atoms with van der Waals surface area (Å²) in [5.74, 6) is 0.797. The lowest BCUT2D eigenvalue weighted by Crippen LogP contribution is -2.35. The Balaban J connectivity index is 1.78. The van der Waals surface area contributed by atoms with Crippen molar-refractivity contribution in [2.75, 3.05) is 5.32 Å². The second-order valence-corrected chi connectivity index (χ2v) is 8.27. The van der Waals surface area contributed by atoms with Gasteiger partial charge in [-0.05, 0) is 49.6 Å². The van der Waals surface area contributed by atoms with Crippen molar-refractivity contribution < 1.29 is 4.79 Å². The van der Waals surface area contributed by atoms with Crippen molar-refractivity contribution in [1.29, 1.82) is 0 Å². The molecule has 0 unspecified atom stereocenters. The third-order valence-electron chi connectivity index (χ3n) is 5.94. The Morgan fingerprint density at radius 2 is 1.93 bits per heavy atom. The first-order valence-electron chi connectivity index (χ1n) is 9.95. The fourth-order valence-electron chi connectivity index (χ4n) is 4.66. The number of carbonyl (C=O) groups is 1. The molecular formula is C24H22ClN3O. The molecule has 2 aromatic carbocycles. The van der Waals surface area contributed by atoms with E-state index in [1.807, 2.05) is 41.9 Å². The van der Waals surface area contributed by atoms with Gasteiger partial charge in [-0.3, -0.25) is 4.79 Å². The van der Waals surface area contributed by atoms with E-state index in [2.05, 4.69) is 36.5 Å². The van der Waals surface area contributed by atoms with Crippen LogP contribution in [0.1, 0.15) is 41.1 Å². The maximum atomic E-state index is 13.0. The Morgan fingerprint density at radius 1 is 1.10 bits per heavy atom. The number of hydrogen-bond acceptors (Lipinski definition) is 3. The van der Waals surface area contributed by atoms with Crippen LogP contribution in [0.25, 0.3) is 5.69 Å². The fourth-order valence-corrected chi connectivity index (χ4v) is 4.92. The molecule has 0 fully saturated rings. The molecule has 1 aliphatic carbocycles. The third kappa shape index (κ3) is 2.90. The molecule has 2 heterocycles. The number of Topliss-reactive ketones (excluding diaryl/α,β-unsaturated/α-hetero) is 1. The molecule has 0 radical (unpaired) electrons. The lowest BCUT2D eigenvalue weighted by Gasteiger charge is -2.37. The first-order valence-corrected chi connectivity index (χ1v) is 10.3. The van der Waals surface area contributed by atoms with E-state index in [0.29, 0.717) is 11.4 Å². The number of allylic oxidation sites excluding steroid dienone is 2. The van der Waals surface area contributed by atoms with Gasteiger partial charge in [0.1, 0.15) is 11.6 Å². The van der Waals surface area contributed by atoms with Crippen LogP contribution in [0.2, 0.25) is 5.02 Å². The minimum atomic E-state index is -0.245. The molecule has 3 aromatic rings. The zero-order chi connectivity index (χ0) is 20.1. The molecule has 2 atom stereocenters. The summed E-state index contributed by atoms with van der Waals surface area (Å²) in [5, 5.41) is 9.10. The molecule has 5 rings (SSSR count). The van der Waals surface area contributed by atoms with Gasteiger partial charge in [-0.2, -0.15) is 5.10 Å². The van der Waals surface area contributed by atoms with Gasteiger partial charge in [0.15, 0.2) is 0 Å². The summed E-state index contributed by atoms with van der Waals surface area (Å²) in [6.07, 6.45) is 3.48. The van der Waals surface area contributed by atoms with E-state index in [0.717, 1.165) is 40.4 Å². The van der Waals surface area contributed by atoms with Crippen LogP contribution in [0.3, 0.4) is 0 Å². The highest BCUT2D eigenvalue weighted by Gasteiger charge is 2.43. The highest BCUT2D eigenvalue weighted by molar-refractivity contribution is 6.31. The van der Waals surface area contributed by atoms with Crippen molar-refractivity contribution >= 4 is 23.2 Å². The highest BCUT2D eigenvalue weighted by atomic mass is 35.5. The van der Waals surface area contributed by atoms with Crippen LogP contribution >= 0.6 is 11.6 Å². The van der Waals surface area contributed by atoms with Crippen LogP contribution in [-0.4, -0.2) is 15.6 Å². The Morgan fingerprint density at radius 3 is 2.72 bits per heavy atom. The summed E-state index contributed by atoms with van der Waals surface area (Å²) in [6.45, 7) is 4.09. The van der Waals surface area contributed by atoms with Gasteiger partial charge in [-0.25, -0.2) is 4.68 Å². The zero-order valence-electron chi connectivity index (χ0n) is 16.4. The van der Waals surface area contributed by atoms with Crippen molar-refractivity contribution in [2.24, 2.45) is 5.92 Å². The van der Waals surface area contributed by atoms with Crippen molar-refractivity contribution in [3.8, 4) is 5.69 Å². The normalized spacial score (nSPS) is 20.5. The van der Waals surface area contributed by atoms with Gasteiger partial charge < -0.3 is 5.32 Å². The molecule has 146 valence electrons. The molecule has 0 saturated heterocycles. The van der Waals surface area contributed by atoms with Crippen molar-refractivity contribution in [3.63, 3.8) is 0 Å². The first-order chi connectivity index (χ1) is 14.0. The SMILES string of the molecule is Cc1cccc(-n2nc(C)c3c2NC2=CCCC(=O)[C@H]2[C@@H]3c2ccccc2Cl)c1. The zero-order valence-corrected chi connectivity index (χ0v) is 17.2. The van der Waals surface area contributed by atoms with Crippen molar-refractivity contribution in [2.45, 2.75) is 32.6 Å². The number of ketones is 1. The monoisotopic (exact) mass is 403 g/mol. The summed E-state index contributed by atoms with van der Waals surface area (Å²) >= 11 is 6.62. The van der Waals surface area contributed by atoms with Crippen LogP contribution in [0, 0.1) is 19.8 Å². The smallest absolute Gasteiger partial charge is 0.143 e. The minimum absolute atomic E-state index is 0.141. The number of nitrogens with one attached hydrogen (secondary N) is 1. The molecule has 2 aliphatic rings. The first kappa shape index (κ1) is 18.2. The average Bonchev–Trinajstić information content (AvgIpc) is 3.04. The van der Waals surface area contributed by atoms with Gasteiger partial charge >= 0.3 is 0 Å². The van der Waals surface area contributed by atoms with E-state index in [9.17, 15) is 4.79 Å².